The van der Waals surface area contributed by atoms with E-state index in [0.717, 1.165) is 0 Å². The highest BCUT2D eigenvalue weighted by atomic mass is 16.7. The fourth-order valence-corrected chi connectivity index (χ4v) is 5.70. The summed E-state index contributed by atoms with van der Waals surface area (Å²) in [7, 11) is 2.60. The van der Waals surface area contributed by atoms with Gasteiger partial charge in [0, 0.05) is 18.5 Å². The quantitative estimate of drug-likeness (QED) is 0.181. The Kier molecular flexibility index (Phi) is 9.60. The fourth-order valence-electron chi connectivity index (χ4n) is 5.70. The first-order chi connectivity index (χ1) is 22.2. The maximum atomic E-state index is 15.2. The molecule has 2 unspecified atom stereocenters. The summed E-state index contributed by atoms with van der Waals surface area (Å²) >= 11 is 0. The average molecular weight is 621 g/mol. The van der Waals surface area contributed by atoms with Gasteiger partial charge in [-0.1, -0.05) is 78.9 Å². The number of fused-ring (bicyclic) bond motifs is 1. The van der Waals surface area contributed by atoms with E-state index in [2.05, 4.69) is 5.32 Å². The number of hydrogen-bond donors (Lipinski definition) is 1. The van der Waals surface area contributed by atoms with Gasteiger partial charge in [-0.25, -0.2) is 5.06 Å². The molecule has 0 spiro atoms. The molecule has 1 N–H and O–H groups in total. The molecule has 4 aromatic carbocycles. The second-order valence-corrected chi connectivity index (χ2v) is 11.0. The summed E-state index contributed by atoms with van der Waals surface area (Å²) in [4.78, 5) is 66.4. The minimum Gasteiger partial charge on any atom is -0.359 e. The summed E-state index contributed by atoms with van der Waals surface area (Å²) in [5.74, 6) is -2.84. The maximum Gasteiger partial charge on any atom is 0.274 e. The number of amides is 4. The molecule has 236 valence electrons. The molecule has 0 radical (unpaired) electrons. The van der Waals surface area contributed by atoms with Crippen molar-refractivity contribution in [2.45, 2.75) is 38.0 Å². The normalized spacial score (nSPS) is 16.9. The molecule has 0 saturated carbocycles. The van der Waals surface area contributed by atoms with Gasteiger partial charge in [-0.15, -0.1) is 0 Å². The number of para-hydroxylation sites is 4. The summed E-state index contributed by atoms with van der Waals surface area (Å²) in [6, 6.07) is 31.4. The van der Waals surface area contributed by atoms with Crippen LogP contribution in [0.5, 0.6) is 0 Å². The number of ether oxygens (including phenoxy) is 1. The van der Waals surface area contributed by atoms with Crippen LogP contribution in [0, 0.1) is 0 Å². The zero-order valence-corrected chi connectivity index (χ0v) is 26.1. The largest absolute Gasteiger partial charge is 0.359 e. The van der Waals surface area contributed by atoms with Gasteiger partial charge in [0.15, 0.2) is 0 Å². The Hall–Kier alpha value is -5.32. The molecule has 5 rings (SSSR count). The lowest BCUT2D eigenvalue weighted by Gasteiger charge is -2.38. The number of hydrogen-bond acceptors (Lipinski definition) is 6. The van der Waals surface area contributed by atoms with E-state index in [4.69, 9.17) is 9.57 Å². The highest BCUT2D eigenvalue weighted by Gasteiger charge is 2.58. The highest BCUT2D eigenvalue weighted by Crippen LogP contribution is 2.45. The van der Waals surface area contributed by atoms with Crippen LogP contribution in [0.25, 0.3) is 0 Å². The van der Waals surface area contributed by atoms with E-state index in [-0.39, 0.29) is 5.69 Å². The molecule has 0 aromatic heterocycles. The third-order valence-corrected chi connectivity index (χ3v) is 7.82. The number of methoxy groups -OCH3 is 1. The number of nitrogens with one attached hydrogen (secondary N) is 1. The number of rotatable bonds is 10. The second kappa shape index (κ2) is 13.8. The Morgan fingerprint density at radius 2 is 1.30 bits per heavy atom. The summed E-state index contributed by atoms with van der Waals surface area (Å²) in [5.41, 5.74) is -0.375. The van der Waals surface area contributed by atoms with Crippen LogP contribution in [0.4, 0.5) is 22.7 Å². The van der Waals surface area contributed by atoms with Crippen molar-refractivity contribution in [2.75, 3.05) is 29.3 Å². The SMILES string of the molecule is CON(C(=O)C(c1ccccc1)N1C(=O)C(CC(=O)Nc2ccccc2)(OC)C(=O)N(c2ccccc2)c2ccccc21)C(C)C. The van der Waals surface area contributed by atoms with Gasteiger partial charge < -0.3 is 10.1 Å². The average Bonchev–Trinajstić information content (AvgIpc) is 3.14. The summed E-state index contributed by atoms with van der Waals surface area (Å²) in [5, 5.41) is 3.96. The van der Waals surface area contributed by atoms with E-state index in [1.54, 1.807) is 129 Å². The molecular weight excluding hydrogens is 584 g/mol. The van der Waals surface area contributed by atoms with Crippen LogP contribution in [-0.2, 0) is 28.8 Å². The van der Waals surface area contributed by atoms with Gasteiger partial charge >= 0.3 is 0 Å². The number of nitrogens with zero attached hydrogens (tertiary/aromatic N) is 3. The zero-order valence-electron chi connectivity index (χ0n) is 26.1. The second-order valence-electron chi connectivity index (χ2n) is 11.0. The van der Waals surface area contributed by atoms with Crippen molar-refractivity contribution in [1.82, 2.24) is 5.06 Å². The van der Waals surface area contributed by atoms with Crippen molar-refractivity contribution in [3.8, 4) is 0 Å². The monoisotopic (exact) mass is 620 g/mol. The summed E-state index contributed by atoms with van der Waals surface area (Å²) in [6.45, 7) is 3.57. The van der Waals surface area contributed by atoms with Crippen LogP contribution in [0.1, 0.15) is 31.9 Å². The molecule has 0 fully saturated rings. The molecule has 4 amide bonds. The number of carbonyl (C=O) groups excluding carboxylic acids is 4. The lowest BCUT2D eigenvalue weighted by molar-refractivity contribution is -0.187. The lowest BCUT2D eigenvalue weighted by Crippen LogP contribution is -2.61. The Morgan fingerprint density at radius 3 is 1.87 bits per heavy atom. The minimum absolute atomic E-state index is 0.272. The van der Waals surface area contributed by atoms with Gasteiger partial charge in [-0.3, -0.25) is 33.8 Å². The van der Waals surface area contributed by atoms with Crippen molar-refractivity contribution < 1.29 is 28.8 Å². The molecule has 0 saturated heterocycles. The van der Waals surface area contributed by atoms with Gasteiger partial charge in [0.25, 0.3) is 17.7 Å². The molecule has 10 heteroatoms. The summed E-state index contributed by atoms with van der Waals surface area (Å²) in [6.07, 6.45) is -0.669. The van der Waals surface area contributed by atoms with Gasteiger partial charge in [0.2, 0.25) is 11.5 Å². The molecule has 0 bridgehead atoms. The van der Waals surface area contributed by atoms with Crippen molar-refractivity contribution in [3.63, 3.8) is 0 Å². The minimum atomic E-state index is -2.38. The molecule has 1 aliphatic heterocycles. The third kappa shape index (κ3) is 6.00. The molecule has 2 atom stereocenters. The van der Waals surface area contributed by atoms with Crippen molar-refractivity contribution in [3.05, 3.63) is 121 Å². The number of benzene rings is 4. The predicted octanol–water partition coefficient (Wildman–Crippen LogP) is 5.65. The van der Waals surface area contributed by atoms with Gasteiger partial charge in [0.05, 0.1) is 30.9 Å². The van der Waals surface area contributed by atoms with Crippen LogP contribution in [-0.4, -0.2) is 54.6 Å². The van der Waals surface area contributed by atoms with Crippen molar-refractivity contribution in [1.29, 1.82) is 0 Å². The summed E-state index contributed by atoms with van der Waals surface area (Å²) < 4.78 is 5.91. The van der Waals surface area contributed by atoms with Gasteiger partial charge in [0.1, 0.15) is 6.04 Å². The van der Waals surface area contributed by atoms with E-state index >= 15 is 4.79 Å². The van der Waals surface area contributed by atoms with E-state index in [9.17, 15) is 14.4 Å². The number of hydroxylamine groups is 2. The van der Waals surface area contributed by atoms with Crippen LogP contribution in [0.15, 0.2) is 115 Å². The molecule has 1 heterocycles. The van der Waals surface area contributed by atoms with E-state index in [1.807, 2.05) is 0 Å². The van der Waals surface area contributed by atoms with Crippen molar-refractivity contribution in [2.24, 2.45) is 0 Å². The van der Waals surface area contributed by atoms with E-state index in [1.165, 1.54) is 29.1 Å². The first-order valence-corrected chi connectivity index (χ1v) is 14.9. The Bertz CT molecular complexity index is 1700. The Labute approximate surface area is 268 Å². The van der Waals surface area contributed by atoms with Crippen LogP contribution < -0.4 is 15.1 Å². The van der Waals surface area contributed by atoms with Crippen LogP contribution >= 0.6 is 0 Å². The number of anilines is 4. The zero-order chi connectivity index (χ0) is 32.8. The number of carbonyl (C=O) groups is 4. The van der Waals surface area contributed by atoms with E-state index in [0.29, 0.717) is 22.6 Å². The first-order valence-electron chi connectivity index (χ1n) is 14.9. The predicted molar refractivity (Wildman–Crippen MR) is 175 cm³/mol. The molecule has 4 aromatic rings. The van der Waals surface area contributed by atoms with Gasteiger partial charge in [-0.05, 0) is 55.8 Å². The highest BCUT2D eigenvalue weighted by molar-refractivity contribution is 6.28. The van der Waals surface area contributed by atoms with Crippen LogP contribution in [0.2, 0.25) is 0 Å². The first kappa shape index (κ1) is 32.1. The molecular formula is C36H36N4O6. The van der Waals surface area contributed by atoms with Crippen molar-refractivity contribution >= 4 is 46.4 Å². The molecule has 46 heavy (non-hydrogen) atoms. The molecule has 1 aliphatic rings. The topological polar surface area (TPSA) is 108 Å². The maximum absolute atomic E-state index is 15.2. The van der Waals surface area contributed by atoms with Gasteiger partial charge in [-0.2, -0.15) is 0 Å². The van der Waals surface area contributed by atoms with Crippen LogP contribution in [0.3, 0.4) is 0 Å². The lowest BCUT2D eigenvalue weighted by atomic mass is 9.92. The standard InChI is InChI=1S/C36H36N4O6/c1-25(2)40(46-4)33(42)32(26-16-8-5-9-17-26)39-30-23-15-14-22-29(30)38(28-20-12-7-13-21-28)34(43)36(45-3,35(39)44)24-31(41)37-27-18-10-6-11-19-27/h5-23,25,32H,24H2,1-4H3,(H,37,41). The molecule has 10 nitrogen and oxygen atoms in total. The molecule has 0 aliphatic carbocycles. The Balaban J connectivity index is 1.77. The Morgan fingerprint density at radius 1 is 0.761 bits per heavy atom. The van der Waals surface area contributed by atoms with E-state index < -0.39 is 47.7 Å². The smallest absolute Gasteiger partial charge is 0.274 e. The fraction of sp³-hybridized carbons (Fsp3) is 0.222. The third-order valence-electron chi connectivity index (χ3n) is 7.82.